The maximum atomic E-state index is 12.2. The van der Waals surface area contributed by atoms with Crippen LogP contribution in [0.1, 0.15) is 21.7 Å². The third-order valence-electron chi connectivity index (χ3n) is 4.07. The summed E-state index contributed by atoms with van der Waals surface area (Å²) in [5.41, 5.74) is 3.01. The standard InChI is InChI=1S/C15H25N3O2/c1-12-10-14(13(2)17(12)3)15(19)11-16-4-5-18-6-8-20-9-7-18/h10,16H,4-9,11H2,1-3H3. The van der Waals surface area contributed by atoms with Gasteiger partial charge in [-0.25, -0.2) is 0 Å². The summed E-state index contributed by atoms with van der Waals surface area (Å²) < 4.78 is 7.37. The molecule has 20 heavy (non-hydrogen) atoms. The van der Waals surface area contributed by atoms with Gasteiger partial charge in [-0.15, -0.1) is 0 Å². The summed E-state index contributed by atoms with van der Waals surface area (Å²) in [6, 6.07) is 1.97. The minimum atomic E-state index is 0.174. The van der Waals surface area contributed by atoms with Gasteiger partial charge < -0.3 is 14.6 Å². The number of carbonyl (C=O) groups excluding carboxylic acids is 1. The lowest BCUT2D eigenvalue weighted by Gasteiger charge is -2.26. The first-order chi connectivity index (χ1) is 9.59. The summed E-state index contributed by atoms with van der Waals surface area (Å²) in [6.45, 7) is 9.88. The van der Waals surface area contributed by atoms with Crippen molar-refractivity contribution < 1.29 is 9.53 Å². The molecule has 1 N–H and O–H groups in total. The molecule has 0 saturated carbocycles. The Morgan fingerprint density at radius 2 is 2.05 bits per heavy atom. The number of hydrogen-bond donors (Lipinski definition) is 1. The van der Waals surface area contributed by atoms with Gasteiger partial charge >= 0.3 is 0 Å². The summed E-state index contributed by atoms with van der Waals surface area (Å²) in [7, 11) is 1.99. The molecule has 0 spiro atoms. The molecule has 2 heterocycles. The van der Waals surface area contributed by atoms with E-state index in [9.17, 15) is 4.79 Å². The highest BCUT2D eigenvalue weighted by molar-refractivity contribution is 5.99. The third kappa shape index (κ3) is 3.69. The molecule has 5 heteroatoms. The minimum absolute atomic E-state index is 0.174. The molecule has 1 aromatic rings. The molecule has 1 aromatic heterocycles. The average Bonchev–Trinajstić information content (AvgIpc) is 2.72. The van der Waals surface area contributed by atoms with Crippen molar-refractivity contribution >= 4 is 5.78 Å². The van der Waals surface area contributed by atoms with Crippen LogP contribution in [0.25, 0.3) is 0 Å². The molecule has 0 amide bonds. The maximum absolute atomic E-state index is 12.2. The maximum Gasteiger partial charge on any atom is 0.178 e. The Bertz CT molecular complexity index is 462. The van der Waals surface area contributed by atoms with Crippen LogP contribution >= 0.6 is 0 Å². The zero-order chi connectivity index (χ0) is 14.5. The first-order valence-electron chi connectivity index (χ1n) is 7.26. The zero-order valence-corrected chi connectivity index (χ0v) is 12.7. The molecule has 0 radical (unpaired) electrons. The van der Waals surface area contributed by atoms with E-state index in [0.717, 1.165) is 56.3 Å². The number of nitrogens with one attached hydrogen (secondary N) is 1. The van der Waals surface area contributed by atoms with Crippen molar-refractivity contribution in [3.05, 3.63) is 23.0 Å². The Kier molecular flexibility index (Phi) is 5.34. The van der Waals surface area contributed by atoms with E-state index in [1.807, 2.05) is 27.0 Å². The fraction of sp³-hybridized carbons (Fsp3) is 0.667. The molecule has 1 aliphatic heterocycles. The van der Waals surface area contributed by atoms with Gasteiger partial charge in [0.1, 0.15) is 0 Å². The number of carbonyl (C=O) groups is 1. The number of morpholine rings is 1. The van der Waals surface area contributed by atoms with Crippen molar-refractivity contribution in [2.75, 3.05) is 45.9 Å². The molecule has 1 saturated heterocycles. The third-order valence-corrected chi connectivity index (χ3v) is 4.07. The molecule has 0 aliphatic carbocycles. The van der Waals surface area contributed by atoms with Crippen LogP contribution in [0.2, 0.25) is 0 Å². The second-order valence-electron chi connectivity index (χ2n) is 5.40. The van der Waals surface area contributed by atoms with Crippen LogP contribution in [0.5, 0.6) is 0 Å². The van der Waals surface area contributed by atoms with E-state index in [0.29, 0.717) is 6.54 Å². The predicted octanol–water partition coefficient (Wildman–Crippen LogP) is 0.746. The van der Waals surface area contributed by atoms with Gasteiger partial charge in [-0.1, -0.05) is 0 Å². The molecule has 0 atom stereocenters. The molecule has 1 aliphatic rings. The van der Waals surface area contributed by atoms with Gasteiger partial charge in [-0.05, 0) is 19.9 Å². The van der Waals surface area contributed by atoms with Crippen molar-refractivity contribution in [3.8, 4) is 0 Å². The Balaban J connectivity index is 1.73. The van der Waals surface area contributed by atoms with Crippen LogP contribution < -0.4 is 5.32 Å². The quantitative estimate of drug-likeness (QED) is 0.616. The molecular weight excluding hydrogens is 254 g/mol. The van der Waals surface area contributed by atoms with Gasteiger partial charge in [0.25, 0.3) is 0 Å². The Hall–Kier alpha value is -1.17. The molecule has 112 valence electrons. The van der Waals surface area contributed by atoms with Crippen molar-refractivity contribution in [2.45, 2.75) is 13.8 Å². The van der Waals surface area contributed by atoms with E-state index in [4.69, 9.17) is 4.74 Å². The predicted molar refractivity (Wildman–Crippen MR) is 79.3 cm³/mol. The highest BCUT2D eigenvalue weighted by atomic mass is 16.5. The lowest BCUT2D eigenvalue weighted by Crippen LogP contribution is -2.41. The van der Waals surface area contributed by atoms with E-state index in [2.05, 4.69) is 14.8 Å². The van der Waals surface area contributed by atoms with E-state index in [1.54, 1.807) is 0 Å². The van der Waals surface area contributed by atoms with Gasteiger partial charge in [-0.3, -0.25) is 9.69 Å². The second-order valence-corrected chi connectivity index (χ2v) is 5.40. The Morgan fingerprint density at radius 3 is 2.65 bits per heavy atom. The van der Waals surface area contributed by atoms with E-state index in [1.165, 1.54) is 0 Å². The number of rotatable bonds is 6. The van der Waals surface area contributed by atoms with Gasteiger partial charge in [-0.2, -0.15) is 0 Å². The highest BCUT2D eigenvalue weighted by Crippen LogP contribution is 2.13. The van der Waals surface area contributed by atoms with Crippen LogP contribution in [-0.4, -0.2) is 61.2 Å². The van der Waals surface area contributed by atoms with Gasteiger partial charge in [0, 0.05) is 50.2 Å². The monoisotopic (exact) mass is 279 g/mol. The molecule has 0 bridgehead atoms. The lowest BCUT2D eigenvalue weighted by atomic mass is 10.1. The summed E-state index contributed by atoms with van der Waals surface area (Å²) in [5, 5.41) is 3.25. The largest absolute Gasteiger partial charge is 0.379 e. The second kappa shape index (κ2) is 7.02. The van der Waals surface area contributed by atoms with Crippen molar-refractivity contribution in [2.24, 2.45) is 7.05 Å². The van der Waals surface area contributed by atoms with Crippen LogP contribution in [-0.2, 0) is 11.8 Å². The van der Waals surface area contributed by atoms with Gasteiger partial charge in [0.15, 0.2) is 5.78 Å². The number of hydrogen-bond acceptors (Lipinski definition) is 4. The minimum Gasteiger partial charge on any atom is -0.379 e. The van der Waals surface area contributed by atoms with Crippen molar-refractivity contribution in [1.29, 1.82) is 0 Å². The van der Waals surface area contributed by atoms with Gasteiger partial charge in [0.05, 0.1) is 19.8 Å². The first-order valence-corrected chi connectivity index (χ1v) is 7.26. The summed E-state index contributed by atoms with van der Waals surface area (Å²) in [5.74, 6) is 0.174. The van der Waals surface area contributed by atoms with Crippen LogP contribution in [0, 0.1) is 13.8 Å². The first kappa shape index (κ1) is 15.2. The number of nitrogens with zero attached hydrogens (tertiary/aromatic N) is 2. The SMILES string of the molecule is Cc1cc(C(=O)CNCCN2CCOCC2)c(C)n1C. The fourth-order valence-corrected chi connectivity index (χ4v) is 2.50. The smallest absolute Gasteiger partial charge is 0.178 e. The van der Waals surface area contributed by atoms with Crippen LogP contribution in [0.4, 0.5) is 0 Å². The number of aryl methyl sites for hydroxylation is 1. The van der Waals surface area contributed by atoms with E-state index in [-0.39, 0.29) is 5.78 Å². The fourth-order valence-electron chi connectivity index (χ4n) is 2.50. The number of ketones is 1. The van der Waals surface area contributed by atoms with E-state index < -0.39 is 0 Å². The van der Waals surface area contributed by atoms with Crippen molar-refractivity contribution in [1.82, 2.24) is 14.8 Å². The molecule has 0 aromatic carbocycles. The normalized spacial score (nSPS) is 16.6. The topological polar surface area (TPSA) is 46.5 Å². The lowest BCUT2D eigenvalue weighted by molar-refractivity contribution is 0.0384. The highest BCUT2D eigenvalue weighted by Gasteiger charge is 2.14. The zero-order valence-electron chi connectivity index (χ0n) is 12.7. The van der Waals surface area contributed by atoms with Crippen LogP contribution in [0.15, 0.2) is 6.07 Å². The number of ether oxygens (including phenoxy) is 1. The van der Waals surface area contributed by atoms with E-state index >= 15 is 0 Å². The summed E-state index contributed by atoms with van der Waals surface area (Å²) in [4.78, 5) is 14.5. The molecular formula is C15H25N3O2. The molecule has 0 unspecified atom stereocenters. The molecule has 5 nitrogen and oxygen atoms in total. The summed E-state index contributed by atoms with van der Waals surface area (Å²) in [6.07, 6.45) is 0. The Morgan fingerprint density at radius 1 is 1.35 bits per heavy atom. The molecule has 2 rings (SSSR count). The van der Waals surface area contributed by atoms with Crippen molar-refractivity contribution in [3.63, 3.8) is 0 Å². The summed E-state index contributed by atoms with van der Waals surface area (Å²) >= 11 is 0. The van der Waals surface area contributed by atoms with Crippen LogP contribution in [0.3, 0.4) is 0 Å². The number of aromatic nitrogens is 1. The Labute approximate surface area is 120 Å². The van der Waals surface area contributed by atoms with Gasteiger partial charge in [0.2, 0.25) is 0 Å². The average molecular weight is 279 g/mol. The molecule has 1 fully saturated rings. The number of Topliss-reactive ketones (excluding diaryl/α,β-unsaturated/α-hetero) is 1.